The third kappa shape index (κ3) is 4.32. The molecule has 0 aliphatic heterocycles. The molecule has 23 heavy (non-hydrogen) atoms. The van der Waals surface area contributed by atoms with Crippen LogP contribution in [0.25, 0.3) is 0 Å². The van der Waals surface area contributed by atoms with Crippen molar-refractivity contribution in [1.29, 1.82) is 0 Å². The first-order valence-corrected chi connectivity index (χ1v) is 7.73. The molecule has 0 saturated heterocycles. The molecule has 0 aliphatic carbocycles. The maximum atomic E-state index is 12.0. The fourth-order valence-electron chi connectivity index (χ4n) is 2.48. The van der Waals surface area contributed by atoms with E-state index in [-0.39, 0.29) is 11.2 Å². The number of rotatable bonds is 7. The van der Waals surface area contributed by atoms with Crippen molar-refractivity contribution < 1.29 is 0 Å². The fraction of sp³-hybridized carbons (Fsp3) is 0.412. The van der Waals surface area contributed by atoms with Gasteiger partial charge in [0.05, 0.1) is 0 Å². The molecule has 0 unspecified atom stereocenters. The Kier molecular flexibility index (Phi) is 5.76. The molecule has 0 saturated carbocycles. The Morgan fingerprint density at radius 3 is 2.52 bits per heavy atom. The van der Waals surface area contributed by atoms with Crippen molar-refractivity contribution in [3.8, 4) is 0 Å². The number of nitrogens with zero attached hydrogens (tertiary/aromatic N) is 3. The molecule has 1 heterocycles. The lowest BCUT2D eigenvalue weighted by Crippen LogP contribution is -2.39. The van der Waals surface area contributed by atoms with Gasteiger partial charge in [0.15, 0.2) is 0 Å². The third-order valence-electron chi connectivity index (χ3n) is 3.88. The molecular weight excluding hydrogens is 292 g/mol. The quantitative estimate of drug-likeness (QED) is 0.764. The topological polar surface area (TPSA) is 59.3 Å². The summed E-state index contributed by atoms with van der Waals surface area (Å²) < 4.78 is 2.57. The monoisotopic (exact) mass is 316 g/mol. The lowest BCUT2D eigenvalue weighted by atomic mass is 10.2. The number of para-hydroxylation sites is 1. The summed E-state index contributed by atoms with van der Waals surface area (Å²) in [6.07, 6.45) is 2.57. The van der Waals surface area contributed by atoms with E-state index in [0.29, 0.717) is 12.1 Å². The Balaban J connectivity index is 1.80. The third-order valence-corrected chi connectivity index (χ3v) is 3.88. The number of hydrogen-bond acceptors (Lipinski definition) is 4. The van der Waals surface area contributed by atoms with Crippen LogP contribution >= 0.6 is 0 Å². The first-order chi connectivity index (χ1) is 11.0. The van der Waals surface area contributed by atoms with Crippen molar-refractivity contribution in [3.05, 3.63) is 62.9 Å². The van der Waals surface area contributed by atoms with E-state index in [9.17, 15) is 9.59 Å². The second kappa shape index (κ2) is 7.78. The maximum absolute atomic E-state index is 12.0. The van der Waals surface area contributed by atoms with Crippen molar-refractivity contribution in [2.24, 2.45) is 14.1 Å². The highest BCUT2D eigenvalue weighted by Gasteiger charge is 2.06. The molecular formula is C17H24N4O2. The SMILES string of the molecule is CN(CCCNCc1cn(C)c(=O)n(C)c1=O)c1ccccc1. The number of hydrogen-bond donors (Lipinski definition) is 1. The van der Waals surface area contributed by atoms with Gasteiger partial charge < -0.3 is 14.8 Å². The molecule has 6 nitrogen and oxygen atoms in total. The number of aryl methyl sites for hydroxylation is 1. The van der Waals surface area contributed by atoms with E-state index in [0.717, 1.165) is 24.1 Å². The first-order valence-electron chi connectivity index (χ1n) is 7.73. The smallest absolute Gasteiger partial charge is 0.330 e. The molecule has 0 amide bonds. The van der Waals surface area contributed by atoms with E-state index in [1.165, 1.54) is 17.3 Å². The zero-order valence-electron chi connectivity index (χ0n) is 14.0. The molecule has 2 rings (SSSR count). The molecule has 0 fully saturated rings. The van der Waals surface area contributed by atoms with E-state index in [1.807, 2.05) is 18.2 Å². The van der Waals surface area contributed by atoms with E-state index in [1.54, 1.807) is 13.2 Å². The van der Waals surface area contributed by atoms with Crippen molar-refractivity contribution in [2.75, 3.05) is 25.0 Å². The standard InChI is InChI=1S/C17H24N4O2/c1-19(15-8-5-4-6-9-15)11-7-10-18-12-14-13-20(2)17(23)21(3)16(14)22/h4-6,8-9,13,18H,7,10-12H2,1-3H3. The van der Waals surface area contributed by atoms with Crippen LogP contribution in [0, 0.1) is 0 Å². The summed E-state index contributed by atoms with van der Waals surface area (Å²) in [5.41, 5.74) is 1.26. The van der Waals surface area contributed by atoms with Crippen LogP contribution < -0.4 is 21.5 Å². The first kappa shape index (κ1) is 17.0. The van der Waals surface area contributed by atoms with Gasteiger partial charge in [-0.15, -0.1) is 0 Å². The van der Waals surface area contributed by atoms with Crippen LogP contribution in [0.3, 0.4) is 0 Å². The summed E-state index contributed by atoms with van der Waals surface area (Å²) in [6.45, 7) is 2.21. The highest BCUT2D eigenvalue weighted by Crippen LogP contribution is 2.10. The molecule has 2 aromatic rings. The number of benzene rings is 1. The molecule has 0 radical (unpaired) electrons. The number of anilines is 1. The molecule has 0 aliphatic rings. The van der Waals surface area contributed by atoms with Crippen LogP contribution in [0.1, 0.15) is 12.0 Å². The van der Waals surface area contributed by atoms with E-state index < -0.39 is 0 Å². The maximum Gasteiger partial charge on any atom is 0.330 e. The molecule has 1 aromatic heterocycles. The van der Waals surface area contributed by atoms with E-state index in [2.05, 4.69) is 29.4 Å². The molecule has 1 N–H and O–H groups in total. The fourth-order valence-corrected chi connectivity index (χ4v) is 2.48. The molecule has 0 bridgehead atoms. The molecule has 1 aromatic carbocycles. The molecule has 0 atom stereocenters. The minimum Gasteiger partial charge on any atom is -0.375 e. The zero-order chi connectivity index (χ0) is 16.8. The summed E-state index contributed by atoms with van der Waals surface area (Å²) in [7, 11) is 5.22. The summed E-state index contributed by atoms with van der Waals surface area (Å²) in [6, 6.07) is 10.2. The van der Waals surface area contributed by atoms with Gasteiger partial charge in [-0.3, -0.25) is 9.36 Å². The predicted octanol–water partition coefficient (Wildman–Crippen LogP) is 0.700. The molecule has 0 spiro atoms. The predicted molar refractivity (Wildman–Crippen MR) is 93.0 cm³/mol. The van der Waals surface area contributed by atoms with Gasteiger partial charge in [0.1, 0.15) is 0 Å². The second-order valence-corrected chi connectivity index (χ2v) is 5.70. The van der Waals surface area contributed by atoms with Crippen LogP contribution in [0.2, 0.25) is 0 Å². The Bertz CT molecular complexity index is 749. The van der Waals surface area contributed by atoms with Crippen LogP contribution in [-0.4, -0.2) is 29.3 Å². The lowest BCUT2D eigenvalue weighted by molar-refractivity contribution is 0.614. The Morgan fingerprint density at radius 2 is 1.83 bits per heavy atom. The van der Waals surface area contributed by atoms with Gasteiger partial charge in [-0.1, -0.05) is 18.2 Å². The number of nitrogens with one attached hydrogen (secondary N) is 1. The molecule has 124 valence electrons. The normalized spacial score (nSPS) is 10.7. The number of aromatic nitrogens is 2. The van der Waals surface area contributed by atoms with Crippen LogP contribution in [0.4, 0.5) is 5.69 Å². The van der Waals surface area contributed by atoms with Crippen molar-refractivity contribution in [3.63, 3.8) is 0 Å². The van der Waals surface area contributed by atoms with Gasteiger partial charge in [-0.05, 0) is 25.1 Å². The summed E-state index contributed by atoms with van der Waals surface area (Å²) >= 11 is 0. The van der Waals surface area contributed by atoms with Crippen molar-refractivity contribution >= 4 is 5.69 Å². The highest BCUT2D eigenvalue weighted by atomic mass is 16.2. The van der Waals surface area contributed by atoms with Crippen molar-refractivity contribution in [1.82, 2.24) is 14.5 Å². The zero-order valence-corrected chi connectivity index (χ0v) is 14.0. The van der Waals surface area contributed by atoms with Gasteiger partial charge in [-0.2, -0.15) is 0 Å². The average molecular weight is 316 g/mol. The van der Waals surface area contributed by atoms with Gasteiger partial charge in [-0.25, -0.2) is 4.79 Å². The Hall–Kier alpha value is -2.34. The van der Waals surface area contributed by atoms with Gasteiger partial charge in [0, 0.05) is 51.7 Å². The van der Waals surface area contributed by atoms with E-state index in [4.69, 9.17) is 0 Å². The summed E-state index contributed by atoms with van der Waals surface area (Å²) in [5, 5.41) is 3.27. The summed E-state index contributed by atoms with van der Waals surface area (Å²) in [5.74, 6) is 0. The average Bonchev–Trinajstić information content (AvgIpc) is 2.57. The summed E-state index contributed by atoms with van der Waals surface area (Å²) in [4.78, 5) is 25.8. The molecule has 6 heteroatoms. The van der Waals surface area contributed by atoms with Crippen LogP contribution in [-0.2, 0) is 20.6 Å². The minimum absolute atomic E-state index is 0.234. The lowest BCUT2D eigenvalue weighted by Gasteiger charge is -2.19. The Labute approximate surface area is 136 Å². The minimum atomic E-state index is -0.303. The van der Waals surface area contributed by atoms with Crippen LogP contribution in [0.15, 0.2) is 46.1 Å². The van der Waals surface area contributed by atoms with Gasteiger partial charge in [0.25, 0.3) is 5.56 Å². The Morgan fingerprint density at radius 1 is 1.13 bits per heavy atom. The largest absolute Gasteiger partial charge is 0.375 e. The highest BCUT2D eigenvalue weighted by molar-refractivity contribution is 5.44. The second-order valence-electron chi connectivity index (χ2n) is 5.70. The van der Waals surface area contributed by atoms with E-state index >= 15 is 0 Å². The van der Waals surface area contributed by atoms with Gasteiger partial charge >= 0.3 is 5.69 Å². The van der Waals surface area contributed by atoms with Crippen molar-refractivity contribution in [2.45, 2.75) is 13.0 Å². The van der Waals surface area contributed by atoms with Gasteiger partial charge in [0.2, 0.25) is 0 Å². The van der Waals surface area contributed by atoms with Crippen LogP contribution in [0.5, 0.6) is 0 Å².